The zero-order valence-electron chi connectivity index (χ0n) is 9.20. The number of benzene rings is 1. The van der Waals surface area contributed by atoms with Crippen LogP contribution < -0.4 is 5.32 Å². The molecule has 2 rings (SSSR count). The molecule has 0 aliphatic carbocycles. The highest BCUT2D eigenvalue weighted by Crippen LogP contribution is 2.25. The first-order chi connectivity index (χ1) is 7.70. The van der Waals surface area contributed by atoms with E-state index < -0.39 is 0 Å². The lowest BCUT2D eigenvalue weighted by Gasteiger charge is -2.04. The Balaban J connectivity index is 2.28. The summed E-state index contributed by atoms with van der Waals surface area (Å²) < 4.78 is 1.25. The van der Waals surface area contributed by atoms with E-state index in [1.54, 1.807) is 11.3 Å². The van der Waals surface area contributed by atoms with Gasteiger partial charge in [-0.25, -0.2) is 4.98 Å². The van der Waals surface area contributed by atoms with Crippen molar-refractivity contribution in [3.63, 3.8) is 0 Å². The van der Waals surface area contributed by atoms with Crippen molar-refractivity contribution >= 4 is 33.9 Å². The fraction of sp³-hybridized carbons (Fsp3) is 0.250. The molecule has 84 valence electrons. The van der Waals surface area contributed by atoms with Crippen molar-refractivity contribution in [2.75, 3.05) is 7.05 Å². The molecule has 1 N–H and O–H groups in total. The number of nitrogens with zero attached hydrogens (tertiary/aromatic N) is 1. The second-order valence-electron chi connectivity index (χ2n) is 3.59. The summed E-state index contributed by atoms with van der Waals surface area (Å²) in [5.41, 5.74) is 2.25. The van der Waals surface area contributed by atoms with E-state index in [0.29, 0.717) is 6.04 Å². The number of aromatic nitrogens is 1. The van der Waals surface area contributed by atoms with Crippen molar-refractivity contribution in [3.8, 4) is 11.3 Å². The molecule has 1 heterocycles. The number of thiazole rings is 1. The van der Waals surface area contributed by atoms with Crippen LogP contribution in [-0.2, 0) is 0 Å². The Morgan fingerprint density at radius 2 is 2.00 bits per heavy atom. The summed E-state index contributed by atoms with van der Waals surface area (Å²) in [6.45, 7) is 2.12. The molecule has 1 unspecified atom stereocenters. The average molecular weight is 344 g/mol. The molecule has 1 aromatic carbocycles. The van der Waals surface area contributed by atoms with Crippen molar-refractivity contribution in [2.45, 2.75) is 13.0 Å². The Bertz CT molecular complexity index is 464. The molecule has 1 aromatic heterocycles. The normalized spacial score (nSPS) is 12.7. The van der Waals surface area contributed by atoms with Gasteiger partial charge in [-0.15, -0.1) is 11.3 Å². The molecular weight excluding hydrogens is 331 g/mol. The summed E-state index contributed by atoms with van der Waals surface area (Å²) in [5, 5.41) is 6.45. The summed E-state index contributed by atoms with van der Waals surface area (Å²) in [6.07, 6.45) is 0. The third kappa shape index (κ3) is 2.61. The molecule has 0 aliphatic heterocycles. The van der Waals surface area contributed by atoms with Gasteiger partial charge in [-0.1, -0.05) is 12.1 Å². The SMILES string of the molecule is CNC(C)c1nc(-c2ccc(I)cc2)cs1. The van der Waals surface area contributed by atoms with Gasteiger partial charge in [0.25, 0.3) is 0 Å². The highest BCUT2D eigenvalue weighted by Gasteiger charge is 2.09. The summed E-state index contributed by atoms with van der Waals surface area (Å²) in [6, 6.07) is 8.77. The van der Waals surface area contributed by atoms with Crippen LogP contribution in [0.4, 0.5) is 0 Å². The molecule has 0 amide bonds. The van der Waals surface area contributed by atoms with E-state index in [0.717, 1.165) is 10.7 Å². The molecule has 0 bridgehead atoms. The number of hydrogen-bond donors (Lipinski definition) is 1. The molecule has 0 spiro atoms. The zero-order chi connectivity index (χ0) is 11.5. The Hall–Kier alpha value is -0.460. The molecule has 1 atom stereocenters. The van der Waals surface area contributed by atoms with Gasteiger partial charge in [-0.3, -0.25) is 0 Å². The van der Waals surface area contributed by atoms with Gasteiger partial charge in [0, 0.05) is 14.5 Å². The highest BCUT2D eigenvalue weighted by atomic mass is 127. The predicted molar refractivity (Wildman–Crippen MR) is 77.7 cm³/mol. The minimum absolute atomic E-state index is 0.322. The first-order valence-corrected chi connectivity index (χ1v) is 7.05. The van der Waals surface area contributed by atoms with Gasteiger partial charge in [0.1, 0.15) is 5.01 Å². The Morgan fingerprint density at radius 1 is 1.31 bits per heavy atom. The topological polar surface area (TPSA) is 24.9 Å². The van der Waals surface area contributed by atoms with Gasteiger partial charge in [-0.05, 0) is 48.7 Å². The quantitative estimate of drug-likeness (QED) is 0.859. The van der Waals surface area contributed by atoms with Crippen LogP contribution in [0.2, 0.25) is 0 Å². The van der Waals surface area contributed by atoms with Crippen molar-refractivity contribution in [2.24, 2.45) is 0 Å². The lowest BCUT2D eigenvalue weighted by Crippen LogP contribution is -2.11. The van der Waals surface area contributed by atoms with E-state index in [-0.39, 0.29) is 0 Å². The third-order valence-electron chi connectivity index (χ3n) is 2.47. The van der Waals surface area contributed by atoms with Gasteiger partial charge in [0.2, 0.25) is 0 Å². The van der Waals surface area contributed by atoms with Crippen LogP contribution >= 0.6 is 33.9 Å². The Labute approximate surface area is 113 Å². The third-order valence-corrected chi connectivity index (χ3v) is 4.21. The maximum absolute atomic E-state index is 4.63. The first-order valence-electron chi connectivity index (χ1n) is 5.09. The van der Waals surface area contributed by atoms with Gasteiger partial charge in [-0.2, -0.15) is 0 Å². The molecule has 2 aromatic rings. The van der Waals surface area contributed by atoms with Crippen LogP contribution in [0.3, 0.4) is 0 Å². The minimum Gasteiger partial charge on any atom is -0.311 e. The zero-order valence-corrected chi connectivity index (χ0v) is 12.2. The van der Waals surface area contributed by atoms with Crippen LogP contribution in [0.1, 0.15) is 18.0 Å². The number of halogens is 1. The summed E-state index contributed by atoms with van der Waals surface area (Å²) in [5.74, 6) is 0. The smallest absolute Gasteiger partial charge is 0.110 e. The number of nitrogens with one attached hydrogen (secondary N) is 1. The largest absolute Gasteiger partial charge is 0.311 e. The lowest BCUT2D eigenvalue weighted by atomic mass is 10.2. The maximum Gasteiger partial charge on any atom is 0.110 e. The molecule has 2 nitrogen and oxygen atoms in total. The van der Waals surface area contributed by atoms with Gasteiger partial charge < -0.3 is 5.32 Å². The number of hydrogen-bond acceptors (Lipinski definition) is 3. The molecule has 0 fully saturated rings. The van der Waals surface area contributed by atoms with E-state index >= 15 is 0 Å². The van der Waals surface area contributed by atoms with E-state index in [1.807, 2.05) is 7.05 Å². The van der Waals surface area contributed by atoms with Crippen molar-refractivity contribution in [1.29, 1.82) is 0 Å². The molecule has 16 heavy (non-hydrogen) atoms. The molecule has 0 saturated heterocycles. The number of rotatable bonds is 3. The molecular formula is C12H13IN2S. The van der Waals surface area contributed by atoms with E-state index in [1.165, 1.54) is 9.13 Å². The molecule has 4 heteroatoms. The minimum atomic E-state index is 0.322. The van der Waals surface area contributed by atoms with E-state index in [9.17, 15) is 0 Å². The van der Waals surface area contributed by atoms with Crippen molar-refractivity contribution < 1.29 is 0 Å². The molecule has 0 aliphatic rings. The Morgan fingerprint density at radius 3 is 2.62 bits per heavy atom. The lowest BCUT2D eigenvalue weighted by molar-refractivity contribution is 0.648. The van der Waals surface area contributed by atoms with Gasteiger partial charge in [0.05, 0.1) is 11.7 Å². The van der Waals surface area contributed by atoms with Crippen LogP contribution in [0.15, 0.2) is 29.6 Å². The van der Waals surface area contributed by atoms with Crippen LogP contribution in [0.25, 0.3) is 11.3 Å². The van der Waals surface area contributed by atoms with Crippen molar-refractivity contribution in [3.05, 3.63) is 38.2 Å². The van der Waals surface area contributed by atoms with Crippen LogP contribution in [0, 0.1) is 3.57 Å². The van der Waals surface area contributed by atoms with Crippen LogP contribution in [-0.4, -0.2) is 12.0 Å². The maximum atomic E-state index is 4.63. The fourth-order valence-corrected chi connectivity index (χ4v) is 2.62. The summed E-state index contributed by atoms with van der Waals surface area (Å²) in [7, 11) is 1.95. The monoisotopic (exact) mass is 344 g/mol. The van der Waals surface area contributed by atoms with Crippen LogP contribution in [0.5, 0.6) is 0 Å². The van der Waals surface area contributed by atoms with E-state index in [4.69, 9.17) is 0 Å². The second kappa shape index (κ2) is 5.25. The molecule has 0 radical (unpaired) electrons. The predicted octanol–water partition coefficient (Wildman–Crippen LogP) is 3.70. The summed E-state index contributed by atoms with van der Waals surface area (Å²) >= 11 is 4.02. The summed E-state index contributed by atoms with van der Waals surface area (Å²) in [4.78, 5) is 4.63. The van der Waals surface area contributed by atoms with Gasteiger partial charge in [0.15, 0.2) is 0 Å². The standard InChI is InChI=1S/C12H13IN2S/c1-8(14-2)12-15-11(7-16-12)9-3-5-10(13)6-4-9/h3-8,14H,1-2H3. The second-order valence-corrected chi connectivity index (χ2v) is 5.72. The van der Waals surface area contributed by atoms with Crippen molar-refractivity contribution in [1.82, 2.24) is 10.3 Å². The fourth-order valence-electron chi connectivity index (χ4n) is 1.36. The van der Waals surface area contributed by atoms with Gasteiger partial charge >= 0.3 is 0 Å². The first kappa shape index (κ1) is 12.0. The van der Waals surface area contributed by atoms with E-state index in [2.05, 4.69) is 69.5 Å². The Kier molecular flexibility index (Phi) is 3.94. The highest BCUT2D eigenvalue weighted by molar-refractivity contribution is 14.1. The molecule has 0 saturated carbocycles. The average Bonchev–Trinajstić information content (AvgIpc) is 2.78.